The molecule has 3 aromatic rings. The van der Waals surface area contributed by atoms with Crippen molar-refractivity contribution in [2.24, 2.45) is 0 Å². The first-order valence-electron chi connectivity index (χ1n) is 7.12. The second-order valence-corrected chi connectivity index (χ2v) is 6.29. The van der Waals surface area contributed by atoms with Crippen molar-refractivity contribution in [3.05, 3.63) is 75.5 Å². The minimum atomic E-state index is -0.390. The number of benzene rings is 2. The number of aromatic nitrogens is 2. The molecule has 3 rings (SSSR count). The van der Waals surface area contributed by atoms with Crippen LogP contribution in [0.25, 0.3) is 0 Å². The average molecular weight is 394 g/mol. The fourth-order valence-corrected chi connectivity index (χ4v) is 2.52. The third kappa shape index (κ3) is 4.60. The van der Waals surface area contributed by atoms with Gasteiger partial charge in [0, 0.05) is 28.1 Å². The molecule has 126 valence electrons. The number of halogens is 3. The zero-order valence-corrected chi connectivity index (χ0v) is 14.9. The van der Waals surface area contributed by atoms with Gasteiger partial charge in [0.15, 0.2) is 0 Å². The zero-order chi connectivity index (χ0) is 17.8. The Morgan fingerprint density at radius 3 is 2.36 bits per heavy atom. The van der Waals surface area contributed by atoms with Gasteiger partial charge in [-0.1, -0.05) is 40.9 Å². The first-order chi connectivity index (χ1) is 12.0. The van der Waals surface area contributed by atoms with E-state index in [4.69, 9.17) is 34.8 Å². The number of hydrogen-bond acceptors (Lipinski definition) is 4. The SMILES string of the molecule is O=C(Nc1cc(Cl)ccc1Cl)c1cnc(Nc2cccc(Cl)c2)nc1. The number of amides is 1. The molecule has 8 heteroatoms. The first kappa shape index (κ1) is 17.5. The van der Waals surface area contributed by atoms with Crippen LogP contribution in [0.5, 0.6) is 0 Å². The smallest absolute Gasteiger partial charge is 0.258 e. The average Bonchev–Trinajstić information content (AvgIpc) is 2.59. The van der Waals surface area contributed by atoms with E-state index in [0.717, 1.165) is 5.69 Å². The fraction of sp³-hybridized carbons (Fsp3) is 0. The third-order valence-electron chi connectivity index (χ3n) is 3.17. The van der Waals surface area contributed by atoms with Crippen molar-refractivity contribution in [1.29, 1.82) is 0 Å². The van der Waals surface area contributed by atoms with E-state index < -0.39 is 5.91 Å². The molecule has 25 heavy (non-hydrogen) atoms. The summed E-state index contributed by atoms with van der Waals surface area (Å²) >= 11 is 17.9. The van der Waals surface area contributed by atoms with E-state index in [1.807, 2.05) is 6.07 Å². The monoisotopic (exact) mass is 392 g/mol. The molecule has 1 heterocycles. The molecule has 0 atom stereocenters. The summed E-state index contributed by atoms with van der Waals surface area (Å²) in [5, 5.41) is 7.12. The minimum absolute atomic E-state index is 0.285. The molecular weight excluding hydrogens is 383 g/mol. The third-order valence-corrected chi connectivity index (χ3v) is 3.97. The highest BCUT2D eigenvalue weighted by atomic mass is 35.5. The molecule has 0 saturated carbocycles. The van der Waals surface area contributed by atoms with E-state index in [0.29, 0.717) is 26.7 Å². The Morgan fingerprint density at radius 2 is 1.64 bits per heavy atom. The highest BCUT2D eigenvalue weighted by Crippen LogP contribution is 2.26. The maximum Gasteiger partial charge on any atom is 0.258 e. The van der Waals surface area contributed by atoms with Crippen molar-refractivity contribution in [2.45, 2.75) is 0 Å². The summed E-state index contributed by atoms with van der Waals surface area (Å²) in [6.45, 7) is 0. The van der Waals surface area contributed by atoms with Crippen LogP contribution in [-0.4, -0.2) is 15.9 Å². The van der Waals surface area contributed by atoms with Crippen LogP contribution in [0.4, 0.5) is 17.3 Å². The molecule has 1 aromatic heterocycles. The Bertz CT molecular complexity index is 916. The minimum Gasteiger partial charge on any atom is -0.324 e. The molecule has 0 saturated heterocycles. The van der Waals surface area contributed by atoms with Gasteiger partial charge < -0.3 is 10.6 Å². The molecule has 0 fully saturated rings. The van der Waals surface area contributed by atoms with Gasteiger partial charge in [-0.05, 0) is 36.4 Å². The van der Waals surface area contributed by atoms with Crippen LogP contribution >= 0.6 is 34.8 Å². The Balaban J connectivity index is 1.71. The quantitative estimate of drug-likeness (QED) is 0.620. The lowest BCUT2D eigenvalue weighted by molar-refractivity contribution is 0.102. The lowest BCUT2D eigenvalue weighted by Gasteiger charge is -2.08. The molecule has 0 bridgehead atoms. The van der Waals surface area contributed by atoms with Crippen LogP contribution in [-0.2, 0) is 0 Å². The maximum atomic E-state index is 12.3. The summed E-state index contributed by atoms with van der Waals surface area (Å²) in [6.07, 6.45) is 2.82. The van der Waals surface area contributed by atoms with Crippen LogP contribution in [0.15, 0.2) is 54.9 Å². The summed E-state index contributed by atoms with van der Waals surface area (Å²) < 4.78 is 0. The van der Waals surface area contributed by atoms with Crippen molar-refractivity contribution in [2.75, 3.05) is 10.6 Å². The van der Waals surface area contributed by atoms with E-state index in [1.54, 1.807) is 36.4 Å². The normalized spacial score (nSPS) is 10.4. The number of nitrogens with zero attached hydrogens (tertiary/aromatic N) is 2. The van der Waals surface area contributed by atoms with Crippen LogP contribution in [0.2, 0.25) is 15.1 Å². The van der Waals surface area contributed by atoms with Crippen molar-refractivity contribution in [3.63, 3.8) is 0 Å². The molecule has 0 aliphatic heterocycles. The zero-order valence-electron chi connectivity index (χ0n) is 12.6. The van der Waals surface area contributed by atoms with Gasteiger partial charge in [0.1, 0.15) is 0 Å². The van der Waals surface area contributed by atoms with Crippen molar-refractivity contribution >= 4 is 58.0 Å². The van der Waals surface area contributed by atoms with Gasteiger partial charge in [0.05, 0.1) is 16.3 Å². The van der Waals surface area contributed by atoms with E-state index in [-0.39, 0.29) is 5.56 Å². The number of nitrogens with one attached hydrogen (secondary N) is 2. The maximum absolute atomic E-state index is 12.3. The standard InChI is InChI=1S/C17H11Cl3N4O/c18-11-2-1-3-13(6-11)23-17-21-8-10(9-22-17)16(25)24-15-7-12(19)4-5-14(15)20/h1-9H,(H,24,25)(H,21,22,23). The van der Waals surface area contributed by atoms with E-state index in [9.17, 15) is 4.79 Å². The molecule has 0 aliphatic carbocycles. The highest BCUT2D eigenvalue weighted by Gasteiger charge is 2.10. The van der Waals surface area contributed by atoms with Gasteiger partial charge >= 0.3 is 0 Å². The molecule has 0 radical (unpaired) electrons. The van der Waals surface area contributed by atoms with Gasteiger partial charge in [-0.15, -0.1) is 0 Å². The summed E-state index contributed by atoms with van der Waals surface area (Å²) in [5.41, 5.74) is 1.45. The highest BCUT2D eigenvalue weighted by molar-refractivity contribution is 6.35. The van der Waals surface area contributed by atoms with Gasteiger partial charge in [0.2, 0.25) is 5.95 Å². The summed E-state index contributed by atoms with van der Waals surface area (Å²) in [5.74, 6) is -0.0434. The summed E-state index contributed by atoms with van der Waals surface area (Å²) in [6, 6.07) is 12.0. The predicted octanol–water partition coefficient (Wildman–Crippen LogP) is 5.43. The Labute approximate surface area is 159 Å². The van der Waals surface area contributed by atoms with Crippen molar-refractivity contribution < 1.29 is 4.79 Å². The molecule has 0 unspecified atom stereocenters. The Hall–Kier alpha value is -2.34. The lowest BCUT2D eigenvalue weighted by atomic mass is 10.2. The lowest BCUT2D eigenvalue weighted by Crippen LogP contribution is -2.13. The molecule has 2 N–H and O–H groups in total. The Morgan fingerprint density at radius 1 is 0.920 bits per heavy atom. The second kappa shape index (κ2) is 7.70. The fourth-order valence-electron chi connectivity index (χ4n) is 1.99. The van der Waals surface area contributed by atoms with Crippen molar-refractivity contribution in [3.8, 4) is 0 Å². The Kier molecular flexibility index (Phi) is 5.38. The van der Waals surface area contributed by atoms with Gasteiger partial charge in [-0.2, -0.15) is 0 Å². The number of rotatable bonds is 4. The molecule has 0 aliphatic rings. The van der Waals surface area contributed by atoms with Gasteiger partial charge in [0.25, 0.3) is 5.91 Å². The predicted molar refractivity (Wildman–Crippen MR) is 101 cm³/mol. The summed E-state index contributed by atoms with van der Waals surface area (Å²) in [7, 11) is 0. The van der Waals surface area contributed by atoms with E-state index in [2.05, 4.69) is 20.6 Å². The van der Waals surface area contributed by atoms with E-state index >= 15 is 0 Å². The molecular formula is C17H11Cl3N4O. The van der Waals surface area contributed by atoms with Gasteiger partial charge in [-0.25, -0.2) is 9.97 Å². The van der Waals surface area contributed by atoms with E-state index in [1.165, 1.54) is 12.4 Å². The molecule has 2 aromatic carbocycles. The van der Waals surface area contributed by atoms with Crippen LogP contribution in [0, 0.1) is 0 Å². The topological polar surface area (TPSA) is 66.9 Å². The number of hydrogen-bond donors (Lipinski definition) is 2. The van der Waals surface area contributed by atoms with Crippen LogP contribution in [0.3, 0.4) is 0 Å². The number of anilines is 3. The number of carbonyl (C=O) groups is 1. The molecule has 1 amide bonds. The largest absolute Gasteiger partial charge is 0.324 e. The van der Waals surface area contributed by atoms with Crippen LogP contribution < -0.4 is 10.6 Å². The molecule has 5 nitrogen and oxygen atoms in total. The van der Waals surface area contributed by atoms with Crippen molar-refractivity contribution in [1.82, 2.24) is 9.97 Å². The number of carbonyl (C=O) groups excluding carboxylic acids is 1. The second-order valence-electron chi connectivity index (χ2n) is 5.01. The van der Waals surface area contributed by atoms with Gasteiger partial charge in [-0.3, -0.25) is 4.79 Å². The molecule has 0 spiro atoms. The summed E-state index contributed by atoms with van der Waals surface area (Å²) in [4.78, 5) is 20.5. The van der Waals surface area contributed by atoms with Crippen LogP contribution in [0.1, 0.15) is 10.4 Å². The first-order valence-corrected chi connectivity index (χ1v) is 8.26.